The van der Waals surface area contributed by atoms with Gasteiger partial charge < -0.3 is 25.8 Å². The molecule has 4 N–H and O–H groups in total. The van der Waals surface area contributed by atoms with Crippen molar-refractivity contribution < 1.29 is 19.4 Å². The molecular weight excluding hydrogens is 456 g/mol. The number of benzene rings is 1. The summed E-state index contributed by atoms with van der Waals surface area (Å²) < 4.78 is 5.63. The third-order valence-electron chi connectivity index (χ3n) is 5.70. The van der Waals surface area contributed by atoms with Crippen LogP contribution in [0.1, 0.15) is 37.0 Å². The van der Waals surface area contributed by atoms with Crippen LogP contribution in [0.4, 0.5) is 0 Å². The summed E-state index contributed by atoms with van der Waals surface area (Å²) in [4.78, 5) is 25.2. The average molecular weight is 489 g/mol. The first-order valence-corrected chi connectivity index (χ1v) is 11.8. The Morgan fingerprint density at radius 2 is 1.94 bits per heavy atom. The SMILES string of the molecule is CCN(CC)CCNC(=O)C1C=C(C#N)C(Cl)=CC1(O)OCC1CC1.NC(=O)c1ccccc1. The zero-order valence-electron chi connectivity index (χ0n) is 19.7. The van der Waals surface area contributed by atoms with Crippen LogP contribution in [-0.4, -0.2) is 60.4 Å². The lowest BCUT2D eigenvalue weighted by Gasteiger charge is -2.34. The van der Waals surface area contributed by atoms with Gasteiger partial charge in [-0.25, -0.2) is 0 Å². The van der Waals surface area contributed by atoms with Crippen LogP contribution in [0.2, 0.25) is 0 Å². The third kappa shape index (κ3) is 8.26. The molecule has 2 atom stereocenters. The third-order valence-corrected chi connectivity index (χ3v) is 6.01. The van der Waals surface area contributed by atoms with E-state index in [1.54, 1.807) is 24.3 Å². The number of amides is 2. The normalized spacial score (nSPS) is 21.5. The van der Waals surface area contributed by atoms with Crippen LogP contribution in [0.15, 0.2) is 53.1 Å². The molecule has 1 saturated carbocycles. The highest BCUT2D eigenvalue weighted by Gasteiger charge is 2.44. The molecule has 8 nitrogen and oxygen atoms in total. The Kier molecular flexibility index (Phi) is 10.7. The Morgan fingerprint density at radius 3 is 2.44 bits per heavy atom. The molecule has 2 aliphatic carbocycles. The average Bonchev–Trinajstić information content (AvgIpc) is 3.66. The first-order chi connectivity index (χ1) is 16.2. The van der Waals surface area contributed by atoms with Crippen molar-refractivity contribution in [3.8, 4) is 6.07 Å². The molecule has 0 aliphatic heterocycles. The standard InChI is InChI=1S/C18H26ClN3O3.C7H7NO/c1-3-22(4-2)8-7-21-17(23)15-9-14(11-20)16(19)10-18(15,24)25-12-13-5-6-13;8-7(9)6-4-2-1-3-5-6/h9-10,13,15,24H,3-8,12H2,1-2H3,(H,21,23);1-5H,(H2,8,9). The van der Waals surface area contributed by atoms with Crippen LogP contribution >= 0.6 is 11.6 Å². The number of rotatable bonds is 10. The first-order valence-electron chi connectivity index (χ1n) is 11.5. The summed E-state index contributed by atoms with van der Waals surface area (Å²) in [5.74, 6) is -3.16. The highest BCUT2D eigenvalue weighted by molar-refractivity contribution is 6.32. The monoisotopic (exact) mass is 488 g/mol. The number of hydrogen-bond acceptors (Lipinski definition) is 6. The van der Waals surface area contributed by atoms with E-state index in [0.717, 1.165) is 32.5 Å². The van der Waals surface area contributed by atoms with E-state index in [2.05, 4.69) is 24.1 Å². The number of allylic oxidation sites excluding steroid dienone is 2. The Labute approximate surface area is 206 Å². The molecule has 1 fully saturated rings. The molecule has 184 valence electrons. The van der Waals surface area contributed by atoms with Crippen molar-refractivity contribution in [2.45, 2.75) is 32.5 Å². The molecule has 3 rings (SSSR count). The van der Waals surface area contributed by atoms with Crippen molar-refractivity contribution in [3.63, 3.8) is 0 Å². The van der Waals surface area contributed by atoms with Gasteiger partial charge in [-0.15, -0.1) is 0 Å². The first kappa shape index (κ1) is 27.5. The molecule has 0 saturated heterocycles. The maximum Gasteiger partial charge on any atom is 0.248 e. The van der Waals surface area contributed by atoms with Gasteiger partial charge in [0, 0.05) is 18.7 Å². The van der Waals surface area contributed by atoms with Crippen LogP contribution in [0.3, 0.4) is 0 Å². The molecule has 2 amide bonds. The van der Waals surface area contributed by atoms with Gasteiger partial charge in [-0.2, -0.15) is 5.26 Å². The van der Waals surface area contributed by atoms with E-state index in [1.165, 1.54) is 12.2 Å². The molecule has 34 heavy (non-hydrogen) atoms. The van der Waals surface area contributed by atoms with Gasteiger partial charge in [0.25, 0.3) is 0 Å². The summed E-state index contributed by atoms with van der Waals surface area (Å²) in [5.41, 5.74) is 5.70. The van der Waals surface area contributed by atoms with Gasteiger partial charge in [-0.1, -0.05) is 43.6 Å². The topological polar surface area (TPSA) is 129 Å². The largest absolute Gasteiger partial charge is 0.366 e. The molecule has 0 aromatic heterocycles. The number of hydrogen-bond donors (Lipinski definition) is 3. The number of halogens is 1. The van der Waals surface area contributed by atoms with Gasteiger partial charge in [0.2, 0.25) is 17.6 Å². The van der Waals surface area contributed by atoms with Crippen molar-refractivity contribution in [3.05, 3.63) is 58.7 Å². The van der Waals surface area contributed by atoms with Crippen molar-refractivity contribution in [2.24, 2.45) is 17.6 Å². The van der Waals surface area contributed by atoms with Crippen LogP contribution in [0.25, 0.3) is 0 Å². The van der Waals surface area contributed by atoms with Gasteiger partial charge in [-0.05, 0) is 56.1 Å². The lowest BCUT2D eigenvalue weighted by Crippen LogP contribution is -2.49. The molecule has 2 aliphatic rings. The maximum absolute atomic E-state index is 12.6. The summed E-state index contributed by atoms with van der Waals surface area (Å²) >= 11 is 6.04. The van der Waals surface area contributed by atoms with E-state index in [4.69, 9.17) is 27.3 Å². The smallest absolute Gasteiger partial charge is 0.248 e. The van der Waals surface area contributed by atoms with Crippen LogP contribution in [0.5, 0.6) is 0 Å². The predicted octanol–water partition coefficient (Wildman–Crippen LogP) is 2.55. The van der Waals surface area contributed by atoms with Crippen LogP contribution in [-0.2, 0) is 9.53 Å². The zero-order chi connectivity index (χ0) is 25.1. The van der Waals surface area contributed by atoms with E-state index in [-0.39, 0.29) is 22.4 Å². The number of carbonyl (C=O) groups is 2. The predicted molar refractivity (Wildman–Crippen MR) is 131 cm³/mol. The lowest BCUT2D eigenvalue weighted by atomic mass is 9.89. The number of nitrogens with zero attached hydrogens (tertiary/aromatic N) is 2. The fraction of sp³-hybridized carbons (Fsp3) is 0.480. The van der Waals surface area contributed by atoms with Gasteiger partial charge in [0.15, 0.2) is 0 Å². The number of likely N-dealkylation sites (N-methyl/N-ethyl adjacent to an activating group) is 1. The maximum atomic E-state index is 12.6. The summed E-state index contributed by atoms with van der Waals surface area (Å²) in [6, 6.07) is 10.7. The van der Waals surface area contributed by atoms with Crippen molar-refractivity contribution in [2.75, 3.05) is 32.8 Å². The number of nitrogens with one attached hydrogen (secondary N) is 1. The molecule has 0 heterocycles. The molecule has 1 aromatic rings. The van der Waals surface area contributed by atoms with Crippen molar-refractivity contribution >= 4 is 23.4 Å². The number of nitriles is 1. The fourth-order valence-corrected chi connectivity index (χ4v) is 3.59. The molecule has 9 heteroatoms. The van der Waals surface area contributed by atoms with E-state index >= 15 is 0 Å². The number of nitrogens with two attached hydrogens (primary N) is 1. The Morgan fingerprint density at radius 1 is 1.29 bits per heavy atom. The Hall–Kier alpha value is -2.70. The van der Waals surface area contributed by atoms with E-state index < -0.39 is 11.7 Å². The summed E-state index contributed by atoms with van der Waals surface area (Å²) in [6.07, 6.45) is 4.78. The fourth-order valence-electron chi connectivity index (χ4n) is 3.33. The van der Waals surface area contributed by atoms with E-state index in [1.807, 2.05) is 12.1 Å². The second-order valence-corrected chi connectivity index (χ2v) is 8.62. The number of primary amides is 1. The molecule has 0 radical (unpaired) electrons. The van der Waals surface area contributed by atoms with Crippen LogP contribution in [0, 0.1) is 23.2 Å². The van der Waals surface area contributed by atoms with Gasteiger partial charge in [0.05, 0.1) is 17.2 Å². The second-order valence-electron chi connectivity index (χ2n) is 8.22. The molecule has 1 aromatic carbocycles. The van der Waals surface area contributed by atoms with E-state index in [0.29, 0.717) is 24.6 Å². The Balaban J connectivity index is 0.000000379. The van der Waals surface area contributed by atoms with Crippen LogP contribution < -0.4 is 11.1 Å². The van der Waals surface area contributed by atoms with Gasteiger partial charge in [0.1, 0.15) is 12.0 Å². The van der Waals surface area contributed by atoms with E-state index in [9.17, 15) is 14.7 Å². The second kappa shape index (κ2) is 13.3. The Bertz CT molecular complexity index is 936. The number of ether oxygens (including phenoxy) is 1. The summed E-state index contributed by atoms with van der Waals surface area (Å²) in [6.45, 7) is 7.48. The summed E-state index contributed by atoms with van der Waals surface area (Å²) in [7, 11) is 0. The molecule has 0 bridgehead atoms. The van der Waals surface area contributed by atoms with Gasteiger partial charge in [-0.3, -0.25) is 9.59 Å². The quantitative estimate of drug-likeness (QED) is 0.434. The highest BCUT2D eigenvalue weighted by Crippen LogP contribution is 2.37. The molecule has 2 unspecified atom stereocenters. The van der Waals surface area contributed by atoms with Crippen molar-refractivity contribution in [1.29, 1.82) is 5.26 Å². The number of carbonyl (C=O) groups excluding carboxylic acids is 2. The van der Waals surface area contributed by atoms with Gasteiger partial charge >= 0.3 is 0 Å². The highest BCUT2D eigenvalue weighted by atomic mass is 35.5. The lowest BCUT2D eigenvalue weighted by molar-refractivity contribution is -0.197. The molecular formula is C25H33ClN4O4. The summed E-state index contributed by atoms with van der Waals surface area (Å²) in [5, 5.41) is 22.9. The number of aliphatic hydroxyl groups is 1. The zero-order valence-corrected chi connectivity index (χ0v) is 20.4. The minimum absolute atomic E-state index is 0.105. The van der Waals surface area contributed by atoms with Crippen molar-refractivity contribution in [1.82, 2.24) is 10.2 Å². The molecule has 0 spiro atoms. The minimum atomic E-state index is -1.82. The minimum Gasteiger partial charge on any atom is -0.366 e.